The van der Waals surface area contributed by atoms with Crippen LogP contribution in [0.15, 0.2) is 45.6 Å². The minimum Gasteiger partial charge on any atom is -0.493 e. The predicted octanol–water partition coefficient (Wildman–Crippen LogP) is 3.80. The molecule has 2 heterocycles. The summed E-state index contributed by atoms with van der Waals surface area (Å²) < 4.78 is 11.1. The normalized spacial score (nSPS) is 11.8. The lowest BCUT2D eigenvalue weighted by atomic mass is 10.1. The van der Waals surface area contributed by atoms with Gasteiger partial charge >= 0.3 is 4.94 Å². The number of allylic oxidation sites excluding steroid dienone is 1. The summed E-state index contributed by atoms with van der Waals surface area (Å²) in [6.07, 6.45) is 1.70. The Hall–Kier alpha value is -3.37. The lowest BCUT2D eigenvalue weighted by molar-refractivity contribution is 0.408. The van der Waals surface area contributed by atoms with Crippen molar-refractivity contribution in [3.8, 4) is 11.8 Å². The number of H-pyrrole nitrogens is 1. The molecule has 0 fully saturated rings. The molecule has 0 spiro atoms. The molecular formula is C18H11N3O3S. The molecular weight excluding hydrogens is 338 g/mol. The smallest absolute Gasteiger partial charge is 0.396 e. The first-order valence-corrected chi connectivity index (χ1v) is 8.18. The van der Waals surface area contributed by atoms with Gasteiger partial charge in [0, 0.05) is 0 Å². The number of ether oxygens (including phenoxy) is 1. The van der Waals surface area contributed by atoms with Crippen molar-refractivity contribution in [1.82, 2.24) is 9.97 Å². The number of hydrogen-bond acceptors (Lipinski definition) is 6. The Morgan fingerprint density at radius 2 is 2.24 bits per heavy atom. The van der Waals surface area contributed by atoms with Gasteiger partial charge < -0.3 is 14.1 Å². The highest BCUT2D eigenvalue weighted by atomic mass is 32.1. The molecule has 0 bridgehead atoms. The van der Waals surface area contributed by atoms with Crippen LogP contribution in [0.2, 0.25) is 0 Å². The fourth-order valence-electron chi connectivity index (χ4n) is 2.60. The van der Waals surface area contributed by atoms with E-state index in [2.05, 4.69) is 16.0 Å². The summed E-state index contributed by atoms with van der Waals surface area (Å²) in [5.74, 6) is 0.937. The summed E-state index contributed by atoms with van der Waals surface area (Å²) in [4.78, 5) is 18.7. The molecule has 1 N–H and O–H groups in total. The van der Waals surface area contributed by atoms with Crippen molar-refractivity contribution in [2.24, 2.45) is 0 Å². The zero-order valence-corrected chi connectivity index (χ0v) is 13.9. The number of benzene rings is 2. The van der Waals surface area contributed by atoms with Crippen LogP contribution in [0.3, 0.4) is 0 Å². The van der Waals surface area contributed by atoms with Gasteiger partial charge in [0.1, 0.15) is 11.9 Å². The molecule has 0 radical (unpaired) electrons. The summed E-state index contributed by atoms with van der Waals surface area (Å²) in [6.45, 7) is 0. The number of aromatic nitrogens is 2. The molecule has 122 valence electrons. The Kier molecular flexibility index (Phi) is 3.60. The number of hydrogen-bond donors (Lipinski definition) is 1. The van der Waals surface area contributed by atoms with Gasteiger partial charge in [-0.2, -0.15) is 5.26 Å². The third kappa shape index (κ3) is 2.69. The predicted molar refractivity (Wildman–Crippen MR) is 96.5 cm³/mol. The average Bonchev–Trinajstić information content (AvgIpc) is 3.21. The minimum absolute atomic E-state index is 0.383. The van der Waals surface area contributed by atoms with E-state index >= 15 is 0 Å². The number of methoxy groups -OCH3 is 1. The van der Waals surface area contributed by atoms with Gasteiger partial charge in [-0.15, -0.1) is 0 Å². The maximum Gasteiger partial charge on any atom is 0.396 e. The molecule has 0 saturated heterocycles. The maximum absolute atomic E-state index is 11.5. The maximum atomic E-state index is 11.5. The number of para-hydroxylation sites is 2. The Labute approximate surface area is 145 Å². The zero-order valence-electron chi connectivity index (χ0n) is 13.1. The van der Waals surface area contributed by atoms with Crippen molar-refractivity contribution in [3.05, 3.63) is 57.5 Å². The van der Waals surface area contributed by atoms with Crippen molar-refractivity contribution in [2.45, 2.75) is 0 Å². The van der Waals surface area contributed by atoms with Crippen LogP contribution in [0.1, 0.15) is 11.4 Å². The SMILES string of the molecule is COc1cc(/C=C(/C#N)c2nc3ccccc3[nH]2)cc2sc(=O)oc12. The molecule has 0 aliphatic heterocycles. The Bertz CT molecular complexity index is 1190. The topological polar surface area (TPSA) is 91.9 Å². The number of rotatable bonds is 3. The van der Waals surface area contributed by atoms with Crippen LogP contribution in [0.25, 0.3) is 33.0 Å². The molecule has 2 aromatic carbocycles. The van der Waals surface area contributed by atoms with E-state index in [1.807, 2.05) is 24.3 Å². The highest BCUT2D eigenvalue weighted by Gasteiger charge is 2.12. The molecule has 0 unspecified atom stereocenters. The molecule has 0 aliphatic rings. The van der Waals surface area contributed by atoms with Gasteiger partial charge in [0.25, 0.3) is 0 Å². The standard InChI is InChI=1S/C18H11N3O3S/c1-23-14-7-10(8-15-16(14)24-18(22)25-15)6-11(9-19)17-20-12-4-2-3-5-13(12)21-17/h2-8H,1H3,(H,20,21)/b11-6-. The summed E-state index contributed by atoms with van der Waals surface area (Å²) in [5, 5.41) is 9.53. The van der Waals surface area contributed by atoms with Crippen LogP contribution in [0, 0.1) is 11.3 Å². The minimum atomic E-state index is -0.396. The van der Waals surface area contributed by atoms with Crippen molar-refractivity contribution >= 4 is 44.3 Å². The van der Waals surface area contributed by atoms with Gasteiger partial charge in [-0.1, -0.05) is 23.5 Å². The van der Waals surface area contributed by atoms with Gasteiger partial charge in [0.2, 0.25) is 0 Å². The van der Waals surface area contributed by atoms with Crippen LogP contribution < -0.4 is 9.68 Å². The van der Waals surface area contributed by atoms with Crippen LogP contribution >= 0.6 is 11.3 Å². The second-order valence-electron chi connectivity index (χ2n) is 5.28. The van der Waals surface area contributed by atoms with Gasteiger partial charge in [-0.05, 0) is 35.9 Å². The van der Waals surface area contributed by atoms with Gasteiger partial charge in [0.05, 0.1) is 28.4 Å². The van der Waals surface area contributed by atoms with E-state index in [9.17, 15) is 10.1 Å². The molecule has 6 nitrogen and oxygen atoms in total. The second-order valence-corrected chi connectivity index (χ2v) is 6.25. The van der Waals surface area contributed by atoms with Crippen molar-refractivity contribution < 1.29 is 9.15 Å². The Morgan fingerprint density at radius 1 is 1.40 bits per heavy atom. The summed E-state index contributed by atoms with van der Waals surface area (Å²) >= 11 is 0.992. The second kappa shape index (κ2) is 5.92. The molecule has 0 atom stereocenters. The van der Waals surface area contributed by atoms with E-state index in [1.165, 1.54) is 7.11 Å². The fourth-order valence-corrected chi connectivity index (χ4v) is 3.34. The van der Waals surface area contributed by atoms with Crippen LogP contribution in [-0.4, -0.2) is 17.1 Å². The first-order valence-electron chi connectivity index (χ1n) is 7.36. The molecule has 7 heteroatoms. The average molecular weight is 349 g/mol. The van der Waals surface area contributed by atoms with E-state index in [-0.39, 0.29) is 0 Å². The lowest BCUT2D eigenvalue weighted by Gasteiger charge is -2.02. The largest absolute Gasteiger partial charge is 0.493 e. The molecule has 0 amide bonds. The Balaban J connectivity index is 1.86. The first kappa shape index (κ1) is 15.2. The molecule has 25 heavy (non-hydrogen) atoms. The number of nitrogens with zero attached hydrogens (tertiary/aromatic N) is 2. The Morgan fingerprint density at radius 3 is 3.00 bits per heavy atom. The van der Waals surface area contributed by atoms with E-state index < -0.39 is 4.94 Å². The molecule has 0 aliphatic carbocycles. The van der Waals surface area contributed by atoms with Crippen LogP contribution in [0.4, 0.5) is 0 Å². The highest BCUT2D eigenvalue weighted by molar-refractivity contribution is 7.16. The fraction of sp³-hybridized carbons (Fsp3) is 0.0556. The molecule has 0 saturated carbocycles. The molecule has 2 aromatic heterocycles. The summed E-state index contributed by atoms with van der Waals surface area (Å²) in [7, 11) is 1.50. The van der Waals surface area contributed by atoms with Crippen LogP contribution in [-0.2, 0) is 0 Å². The van der Waals surface area contributed by atoms with E-state index in [0.29, 0.717) is 27.4 Å². The van der Waals surface area contributed by atoms with E-state index in [1.54, 1.807) is 18.2 Å². The summed E-state index contributed by atoms with van der Waals surface area (Å²) in [6, 6.07) is 13.2. The number of imidazole rings is 1. The number of nitriles is 1. The number of fused-ring (bicyclic) bond motifs is 2. The third-order valence-electron chi connectivity index (χ3n) is 3.72. The van der Waals surface area contributed by atoms with Gasteiger partial charge in [-0.25, -0.2) is 9.78 Å². The molecule has 4 aromatic rings. The van der Waals surface area contributed by atoms with Crippen molar-refractivity contribution in [2.75, 3.05) is 7.11 Å². The van der Waals surface area contributed by atoms with Crippen LogP contribution in [0.5, 0.6) is 5.75 Å². The number of aromatic amines is 1. The molecule has 4 rings (SSSR count). The lowest BCUT2D eigenvalue weighted by Crippen LogP contribution is -1.87. The van der Waals surface area contributed by atoms with Crippen molar-refractivity contribution in [3.63, 3.8) is 0 Å². The van der Waals surface area contributed by atoms with Gasteiger partial charge in [0.15, 0.2) is 11.3 Å². The van der Waals surface area contributed by atoms with E-state index in [4.69, 9.17) is 9.15 Å². The number of nitrogens with one attached hydrogen (secondary N) is 1. The third-order valence-corrected chi connectivity index (χ3v) is 4.49. The first-order chi connectivity index (χ1) is 12.2. The monoisotopic (exact) mass is 349 g/mol. The van der Waals surface area contributed by atoms with E-state index in [0.717, 1.165) is 27.9 Å². The zero-order chi connectivity index (χ0) is 17.4. The highest BCUT2D eigenvalue weighted by Crippen LogP contribution is 2.31. The summed E-state index contributed by atoms with van der Waals surface area (Å²) in [5.41, 5.74) is 3.17. The quantitative estimate of drug-likeness (QED) is 0.568. The van der Waals surface area contributed by atoms with Gasteiger partial charge in [-0.3, -0.25) is 0 Å². The van der Waals surface area contributed by atoms with Crippen molar-refractivity contribution in [1.29, 1.82) is 5.26 Å².